The summed E-state index contributed by atoms with van der Waals surface area (Å²) < 4.78 is 25.3. The van der Waals surface area contributed by atoms with Crippen molar-refractivity contribution < 1.29 is 18.3 Å². The molecule has 0 aliphatic carbocycles. The van der Waals surface area contributed by atoms with Gasteiger partial charge < -0.3 is 9.51 Å². The SMILES string of the molecule is O=C(O)c1cccn2cc(CC3CCCS3(=O)=O)nc12. The van der Waals surface area contributed by atoms with Crippen LogP contribution in [0.2, 0.25) is 0 Å². The van der Waals surface area contributed by atoms with Crippen LogP contribution in [0, 0.1) is 0 Å². The molecule has 20 heavy (non-hydrogen) atoms. The molecular weight excluding hydrogens is 280 g/mol. The van der Waals surface area contributed by atoms with Crippen molar-refractivity contribution in [1.29, 1.82) is 0 Å². The van der Waals surface area contributed by atoms with Gasteiger partial charge in [-0.25, -0.2) is 18.2 Å². The van der Waals surface area contributed by atoms with E-state index in [1.165, 1.54) is 6.07 Å². The minimum Gasteiger partial charge on any atom is -0.478 e. The molecule has 1 aliphatic heterocycles. The molecule has 0 amide bonds. The molecule has 1 N–H and O–H groups in total. The maximum atomic E-state index is 11.8. The number of rotatable bonds is 3. The van der Waals surface area contributed by atoms with Gasteiger partial charge in [-0.2, -0.15) is 0 Å². The molecule has 106 valence electrons. The summed E-state index contributed by atoms with van der Waals surface area (Å²) in [5.74, 6) is -0.799. The van der Waals surface area contributed by atoms with E-state index in [2.05, 4.69) is 4.98 Å². The number of pyridine rings is 1. The van der Waals surface area contributed by atoms with Crippen LogP contribution in [0.5, 0.6) is 0 Å². The molecule has 3 heterocycles. The smallest absolute Gasteiger partial charge is 0.339 e. The normalized spacial score (nSPS) is 21.3. The molecule has 2 aromatic heterocycles. The van der Waals surface area contributed by atoms with Crippen LogP contribution in [0.4, 0.5) is 0 Å². The van der Waals surface area contributed by atoms with Crippen LogP contribution < -0.4 is 0 Å². The zero-order valence-corrected chi connectivity index (χ0v) is 11.5. The van der Waals surface area contributed by atoms with Crippen molar-refractivity contribution >= 4 is 21.5 Å². The molecule has 2 aromatic rings. The molecule has 0 saturated carbocycles. The maximum Gasteiger partial charge on any atom is 0.339 e. The third-order valence-corrected chi connectivity index (χ3v) is 5.94. The monoisotopic (exact) mass is 294 g/mol. The fourth-order valence-corrected chi connectivity index (χ4v) is 4.50. The zero-order chi connectivity index (χ0) is 14.3. The van der Waals surface area contributed by atoms with E-state index in [-0.39, 0.29) is 16.6 Å². The number of imidazole rings is 1. The van der Waals surface area contributed by atoms with Gasteiger partial charge in [0.1, 0.15) is 5.56 Å². The summed E-state index contributed by atoms with van der Waals surface area (Å²) in [6, 6.07) is 3.12. The van der Waals surface area contributed by atoms with Gasteiger partial charge in [-0.3, -0.25) is 0 Å². The van der Waals surface area contributed by atoms with Gasteiger partial charge >= 0.3 is 5.97 Å². The number of carbonyl (C=O) groups is 1. The third kappa shape index (κ3) is 2.18. The molecule has 0 radical (unpaired) electrons. The first kappa shape index (κ1) is 13.1. The average molecular weight is 294 g/mol. The van der Waals surface area contributed by atoms with Crippen molar-refractivity contribution in [3.63, 3.8) is 0 Å². The second-order valence-corrected chi connectivity index (χ2v) is 7.43. The van der Waals surface area contributed by atoms with Gasteiger partial charge in [0, 0.05) is 18.8 Å². The Kier molecular flexibility index (Phi) is 3.01. The Balaban J connectivity index is 1.98. The Labute approximate surface area is 116 Å². The highest BCUT2D eigenvalue weighted by molar-refractivity contribution is 7.92. The van der Waals surface area contributed by atoms with Crippen molar-refractivity contribution in [2.45, 2.75) is 24.5 Å². The van der Waals surface area contributed by atoms with E-state index in [9.17, 15) is 13.2 Å². The highest BCUT2D eigenvalue weighted by Gasteiger charge is 2.31. The standard InChI is InChI=1S/C13H14N2O4S/c16-13(17)11-4-1-5-15-8-9(14-12(11)15)7-10-3-2-6-20(10,18)19/h1,4-5,8,10H,2-3,6-7H2,(H,16,17). The number of fused-ring (bicyclic) bond motifs is 1. The van der Waals surface area contributed by atoms with E-state index in [1.54, 1.807) is 22.9 Å². The Hall–Kier alpha value is -1.89. The van der Waals surface area contributed by atoms with Gasteiger partial charge in [-0.1, -0.05) is 0 Å². The molecule has 6 nitrogen and oxygen atoms in total. The number of nitrogens with zero attached hydrogens (tertiary/aromatic N) is 2. The number of aromatic carboxylic acids is 1. The predicted octanol–water partition coefficient (Wildman–Crippen LogP) is 1.15. The van der Waals surface area contributed by atoms with Crippen LogP contribution in [0.25, 0.3) is 5.65 Å². The second kappa shape index (κ2) is 4.59. The number of carboxylic acid groups (broad SMARTS) is 1. The van der Waals surface area contributed by atoms with E-state index < -0.39 is 15.8 Å². The zero-order valence-electron chi connectivity index (χ0n) is 10.7. The Morgan fingerprint density at radius 3 is 2.95 bits per heavy atom. The lowest BCUT2D eigenvalue weighted by Crippen LogP contribution is -2.18. The Bertz CT molecular complexity index is 779. The van der Waals surface area contributed by atoms with Crippen LogP contribution >= 0.6 is 0 Å². The van der Waals surface area contributed by atoms with Gasteiger partial charge in [-0.15, -0.1) is 0 Å². The number of sulfone groups is 1. The van der Waals surface area contributed by atoms with Crippen molar-refractivity contribution in [2.75, 3.05) is 5.75 Å². The molecule has 7 heteroatoms. The molecule has 0 aromatic carbocycles. The van der Waals surface area contributed by atoms with Gasteiger partial charge in [0.25, 0.3) is 0 Å². The number of hydrogen-bond donors (Lipinski definition) is 1. The molecule has 1 fully saturated rings. The fourth-order valence-electron chi connectivity index (χ4n) is 2.65. The van der Waals surface area contributed by atoms with E-state index >= 15 is 0 Å². The minimum atomic E-state index is -3.01. The summed E-state index contributed by atoms with van der Waals surface area (Å²) in [5, 5.41) is 8.72. The molecule has 1 atom stereocenters. The first-order chi connectivity index (χ1) is 9.47. The maximum absolute atomic E-state index is 11.8. The van der Waals surface area contributed by atoms with E-state index in [1.807, 2.05) is 0 Å². The van der Waals surface area contributed by atoms with Crippen LogP contribution in [0.15, 0.2) is 24.5 Å². The molecule has 0 spiro atoms. The van der Waals surface area contributed by atoms with Gasteiger partial charge in [0.05, 0.1) is 16.7 Å². The van der Waals surface area contributed by atoms with Crippen LogP contribution in [-0.2, 0) is 16.3 Å². The lowest BCUT2D eigenvalue weighted by molar-refractivity contribution is 0.0698. The number of carboxylic acids is 1. The summed E-state index contributed by atoms with van der Waals surface area (Å²) in [6.45, 7) is 0. The summed E-state index contributed by atoms with van der Waals surface area (Å²) in [7, 11) is -3.01. The molecule has 0 bridgehead atoms. The number of hydrogen-bond acceptors (Lipinski definition) is 4. The summed E-state index contributed by atoms with van der Waals surface area (Å²) in [6.07, 6.45) is 5.11. The number of aromatic nitrogens is 2. The largest absolute Gasteiger partial charge is 0.478 e. The van der Waals surface area contributed by atoms with E-state index in [0.717, 1.165) is 0 Å². The molecule has 1 saturated heterocycles. The lowest BCUT2D eigenvalue weighted by atomic mass is 10.2. The van der Waals surface area contributed by atoms with Crippen molar-refractivity contribution in [2.24, 2.45) is 0 Å². The average Bonchev–Trinajstić information content (AvgIpc) is 2.92. The van der Waals surface area contributed by atoms with Crippen molar-refractivity contribution in [3.8, 4) is 0 Å². The van der Waals surface area contributed by atoms with Crippen molar-refractivity contribution in [3.05, 3.63) is 35.8 Å². The lowest BCUT2D eigenvalue weighted by Gasteiger charge is -2.05. The summed E-state index contributed by atoms with van der Waals surface area (Å²) in [4.78, 5) is 15.4. The predicted molar refractivity (Wildman–Crippen MR) is 72.7 cm³/mol. The Morgan fingerprint density at radius 2 is 2.30 bits per heavy atom. The topological polar surface area (TPSA) is 88.7 Å². The summed E-state index contributed by atoms with van der Waals surface area (Å²) in [5.41, 5.74) is 1.09. The molecular formula is C13H14N2O4S. The molecule has 1 unspecified atom stereocenters. The van der Waals surface area contributed by atoms with Gasteiger partial charge in [0.2, 0.25) is 0 Å². The molecule has 1 aliphatic rings. The van der Waals surface area contributed by atoms with Crippen molar-refractivity contribution in [1.82, 2.24) is 9.38 Å². The molecule has 3 rings (SSSR count). The fraction of sp³-hybridized carbons (Fsp3) is 0.385. The summed E-state index contributed by atoms with van der Waals surface area (Å²) >= 11 is 0. The first-order valence-corrected chi connectivity index (χ1v) is 8.10. The van der Waals surface area contributed by atoms with Gasteiger partial charge in [0.15, 0.2) is 15.5 Å². The second-order valence-electron chi connectivity index (χ2n) is 5.03. The van der Waals surface area contributed by atoms with E-state index in [0.29, 0.717) is 30.6 Å². The first-order valence-electron chi connectivity index (χ1n) is 6.39. The highest BCUT2D eigenvalue weighted by Crippen LogP contribution is 2.24. The minimum absolute atomic E-state index is 0.119. The van der Waals surface area contributed by atoms with Crippen LogP contribution in [0.3, 0.4) is 0 Å². The van der Waals surface area contributed by atoms with Crippen LogP contribution in [-0.4, -0.2) is 39.9 Å². The quantitative estimate of drug-likeness (QED) is 0.917. The van der Waals surface area contributed by atoms with Gasteiger partial charge in [-0.05, 0) is 25.0 Å². The third-order valence-electron chi connectivity index (χ3n) is 3.66. The Morgan fingerprint density at radius 1 is 1.50 bits per heavy atom. The highest BCUT2D eigenvalue weighted by atomic mass is 32.2. The van der Waals surface area contributed by atoms with E-state index in [4.69, 9.17) is 5.11 Å². The van der Waals surface area contributed by atoms with Crippen LogP contribution in [0.1, 0.15) is 28.9 Å².